The predicted octanol–water partition coefficient (Wildman–Crippen LogP) is 2.26. The Bertz CT molecular complexity index is 1570. The van der Waals surface area contributed by atoms with E-state index in [4.69, 9.17) is 42.6 Å². The molecule has 5 N–H and O–H groups in total. The Morgan fingerprint density at radius 2 is 1.51 bits per heavy atom. The van der Waals surface area contributed by atoms with Gasteiger partial charge in [-0.05, 0) is 73.5 Å². The molecule has 19 heteroatoms. The van der Waals surface area contributed by atoms with Gasteiger partial charge in [-0.2, -0.15) is 0 Å². The van der Waals surface area contributed by atoms with Crippen LogP contribution >= 0.6 is 12.4 Å². The third-order valence-electron chi connectivity index (χ3n) is 13.4. The number of methoxy groups -OCH3 is 2. The molecule has 4 aliphatic rings. The number of esters is 1. The summed E-state index contributed by atoms with van der Waals surface area (Å²) in [6, 6.07) is -0.748. The van der Waals surface area contributed by atoms with Crippen molar-refractivity contribution in [1.29, 1.82) is 0 Å². The summed E-state index contributed by atoms with van der Waals surface area (Å²) in [5.41, 5.74) is -0.806. The number of rotatable bonds is 13. The Kier molecular flexibility index (Phi) is 22.6. The second-order valence-corrected chi connectivity index (χ2v) is 18.7. The van der Waals surface area contributed by atoms with Crippen molar-refractivity contribution in [3.05, 3.63) is 23.8 Å². The highest BCUT2D eigenvalue weighted by Crippen LogP contribution is 2.37. The molecule has 0 radical (unpaired) electrons. The number of aliphatic hydroxyl groups is 5. The van der Waals surface area contributed by atoms with E-state index >= 15 is 0 Å². The van der Waals surface area contributed by atoms with Gasteiger partial charge in [0.1, 0.15) is 49.0 Å². The summed E-state index contributed by atoms with van der Waals surface area (Å²) in [5.74, 6) is -3.59. The molecule has 0 aromatic carbocycles. The molecule has 21 atom stereocenters. The summed E-state index contributed by atoms with van der Waals surface area (Å²) >= 11 is 0. The smallest absolute Gasteiger partial charge is 0.308 e. The van der Waals surface area contributed by atoms with E-state index in [1.807, 2.05) is 19.9 Å². The fraction of sp³-hybridized carbons (Fsp3) is 0.848. The molecule has 4 aliphatic heterocycles. The fourth-order valence-corrected chi connectivity index (χ4v) is 9.51. The Labute approximate surface area is 390 Å². The Morgan fingerprint density at radius 3 is 2.09 bits per heavy atom. The molecule has 4 heterocycles. The maximum absolute atomic E-state index is 13.8. The molecular formula is C46H78ClNO17. The van der Waals surface area contributed by atoms with Crippen molar-refractivity contribution in [3.8, 4) is 0 Å². The van der Waals surface area contributed by atoms with E-state index in [0.717, 1.165) is 6.29 Å². The number of hydrogen-bond acceptors (Lipinski definition) is 18. The van der Waals surface area contributed by atoms with Gasteiger partial charge < -0.3 is 77.9 Å². The highest BCUT2D eigenvalue weighted by atomic mass is 35.5. The van der Waals surface area contributed by atoms with Crippen LogP contribution in [0.4, 0.5) is 0 Å². The topological polar surface area (TPSA) is 239 Å². The summed E-state index contributed by atoms with van der Waals surface area (Å²) in [6.07, 6.45) is -8.49. The predicted molar refractivity (Wildman–Crippen MR) is 238 cm³/mol. The minimum Gasteiger partial charge on any atom is -0.462 e. The highest BCUT2D eigenvalue weighted by Gasteiger charge is 2.52. The Morgan fingerprint density at radius 1 is 0.862 bits per heavy atom. The summed E-state index contributed by atoms with van der Waals surface area (Å²) in [7, 11) is 6.43. The minimum atomic E-state index is -1.49. The van der Waals surface area contributed by atoms with Crippen LogP contribution in [0.15, 0.2) is 23.8 Å². The molecule has 3 saturated heterocycles. The van der Waals surface area contributed by atoms with Crippen LogP contribution in [0.2, 0.25) is 0 Å². The van der Waals surface area contributed by atoms with Crippen molar-refractivity contribution >= 4 is 30.4 Å². The number of aldehydes is 1. The first-order valence-corrected chi connectivity index (χ1v) is 22.7. The number of nitrogens with zero attached hydrogens (tertiary/aromatic N) is 1. The van der Waals surface area contributed by atoms with E-state index in [1.54, 1.807) is 59.7 Å². The minimum absolute atomic E-state index is 0. The molecule has 0 aliphatic carbocycles. The van der Waals surface area contributed by atoms with Gasteiger partial charge in [0.15, 0.2) is 24.7 Å². The van der Waals surface area contributed by atoms with Gasteiger partial charge in [-0.1, -0.05) is 38.5 Å². The molecule has 0 saturated carbocycles. The van der Waals surface area contributed by atoms with Crippen LogP contribution in [0.1, 0.15) is 87.5 Å². The molecular weight excluding hydrogens is 874 g/mol. The van der Waals surface area contributed by atoms with E-state index in [9.17, 15) is 39.9 Å². The summed E-state index contributed by atoms with van der Waals surface area (Å²) in [5, 5.41) is 55.8. The van der Waals surface area contributed by atoms with Gasteiger partial charge in [0, 0.05) is 44.8 Å². The maximum Gasteiger partial charge on any atom is 0.308 e. The zero-order valence-corrected chi connectivity index (χ0v) is 40.9. The lowest BCUT2D eigenvalue weighted by atomic mass is 9.79. The van der Waals surface area contributed by atoms with E-state index in [1.165, 1.54) is 27.2 Å². The standard InChI is InChI=1S/C46H77NO17.ClH/c1-13-33-30(22-58-45-42(57-12)41(56-11)37(52)26(5)60-45)18-23(2)14-15-31(49)24(3)19-29(16-17-48)39(25(4)32(50)20-34(51)62-33)64-44-38(53)36(47(9)10)40(27(6)61-44)63-35-21-46(8,55)43(54)28(7)59-35;/h14-15,17-18,24-30,32-33,35-45,50,52-55H,13,16,19-22H2,1-12H3;1H/b15-14+,23-18+;/t24-,25+,26-,27-,28+,29+,30?,32-,33-,35+,36-,37-,38-,39-,40-,41-,42-,43+,44+,45-,46-;/m1./s1. The number of ketones is 1. The second kappa shape index (κ2) is 25.6. The normalized spacial score (nSPS) is 45.2. The first-order valence-electron chi connectivity index (χ1n) is 22.7. The van der Waals surface area contributed by atoms with E-state index in [2.05, 4.69) is 0 Å². The van der Waals surface area contributed by atoms with Crippen molar-refractivity contribution in [2.75, 3.05) is 34.9 Å². The number of hydrogen-bond donors (Lipinski definition) is 5. The van der Waals surface area contributed by atoms with Gasteiger partial charge in [0.05, 0.1) is 55.2 Å². The van der Waals surface area contributed by atoms with Crippen LogP contribution < -0.4 is 0 Å². The summed E-state index contributed by atoms with van der Waals surface area (Å²) < 4.78 is 54.7. The Balaban J connectivity index is 0.0000112. The van der Waals surface area contributed by atoms with Crippen LogP contribution in [0.5, 0.6) is 0 Å². The molecule has 0 spiro atoms. The molecule has 0 bridgehead atoms. The van der Waals surface area contributed by atoms with Crippen LogP contribution in [-0.4, -0.2) is 187 Å². The first kappa shape index (κ1) is 57.3. The lowest BCUT2D eigenvalue weighted by molar-refractivity contribution is -0.341. The number of cyclic esters (lactones) is 1. The second-order valence-electron chi connectivity index (χ2n) is 18.7. The summed E-state index contributed by atoms with van der Waals surface area (Å²) in [4.78, 5) is 41.5. The zero-order chi connectivity index (χ0) is 47.8. The van der Waals surface area contributed by atoms with Gasteiger partial charge in [-0.3, -0.25) is 9.59 Å². The summed E-state index contributed by atoms with van der Waals surface area (Å²) in [6.45, 7) is 13.6. The van der Waals surface area contributed by atoms with E-state index in [0.29, 0.717) is 12.0 Å². The SMILES string of the molecule is CC[C@H]1OC(=O)C[C@@H](O)[C@H](C)[C@@H](O[C@@H]2O[C@H](C)[C@@H](O[C@H]3C[C@@](C)(O)[C@@H](O)[C@H](C)O3)[C@H](N(C)C)[C@H]2O)[C@@H](CC=O)C[C@@H](C)C(=O)/C=C/C(C)=C/C1CO[C@@H]1O[C@H](C)[C@@H](O)[C@@H](OC)[C@H]1OC.Cl. The van der Waals surface area contributed by atoms with Crippen molar-refractivity contribution in [3.63, 3.8) is 0 Å². The monoisotopic (exact) mass is 951 g/mol. The molecule has 18 nitrogen and oxygen atoms in total. The van der Waals surface area contributed by atoms with Crippen molar-refractivity contribution in [2.45, 2.75) is 191 Å². The number of allylic oxidation sites excluding steroid dienone is 3. The van der Waals surface area contributed by atoms with Crippen LogP contribution in [0.25, 0.3) is 0 Å². The van der Waals surface area contributed by atoms with E-state index in [-0.39, 0.29) is 44.1 Å². The van der Waals surface area contributed by atoms with Gasteiger partial charge in [-0.15, -0.1) is 12.4 Å². The lowest BCUT2D eigenvalue weighted by Gasteiger charge is -2.50. The van der Waals surface area contributed by atoms with Crippen molar-refractivity contribution < 1.29 is 82.5 Å². The van der Waals surface area contributed by atoms with Gasteiger partial charge in [0.25, 0.3) is 0 Å². The molecule has 3 fully saturated rings. The number of carbonyl (C=O) groups is 3. The number of ether oxygens (including phenoxy) is 9. The van der Waals surface area contributed by atoms with Gasteiger partial charge in [-0.25, -0.2) is 0 Å². The molecule has 0 aromatic heterocycles. The molecule has 65 heavy (non-hydrogen) atoms. The molecule has 376 valence electrons. The van der Waals surface area contributed by atoms with E-state index < -0.39 is 140 Å². The van der Waals surface area contributed by atoms with Crippen LogP contribution in [0, 0.1) is 23.7 Å². The van der Waals surface area contributed by atoms with Crippen molar-refractivity contribution in [2.24, 2.45) is 23.7 Å². The third kappa shape index (κ3) is 14.5. The average molecular weight is 953 g/mol. The molecule has 1 unspecified atom stereocenters. The van der Waals surface area contributed by atoms with Gasteiger partial charge in [0.2, 0.25) is 0 Å². The molecule has 0 aromatic rings. The largest absolute Gasteiger partial charge is 0.462 e. The Hall–Kier alpha value is -1.98. The number of likely N-dealkylation sites (N-methyl/N-ethyl adjacent to an activating group) is 1. The number of carbonyl (C=O) groups excluding carboxylic acids is 3. The first-order chi connectivity index (χ1) is 30.1. The van der Waals surface area contributed by atoms with Crippen LogP contribution in [0.3, 0.4) is 0 Å². The van der Waals surface area contributed by atoms with Gasteiger partial charge >= 0.3 is 5.97 Å². The third-order valence-corrected chi connectivity index (χ3v) is 13.4. The zero-order valence-electron chi connectivity index (χ0n) is 40.1. The lowest BCUT2D eigenvalue weighted by Crippen LogP contribution is -2.65. The number of halogens is 1. The number of aliphatic hydroxyl groups excluding tert-OH is 4. The fourth-order valence-electron chi connectivity index (χ4n) is 9.51. The van der Waals surface area contributed by atoms with Crippen molar-refractivity contribution in [1.82, 2.24) is 4.90 Å². The maximum atomic E-state index is 13.8. The average Bonchev–Trinajstić information content (AvgIpc) is 3.23. The highest BCUT2D eigenvalue weighted by molar-refractivity contribution is 5.91. The van der Waals surface area contributed by atoms with Crippen LogP contribution in [-0.2, 0) is 57.0 Å². The quantitative estimate of drug-likeness (QED) is 0.131. The molecule has 4 rings (SSSR count). The molecule has 0 amide bonds.